The molecule has 0 aliphatic heterocycles. The van der Waals surface area contributed by atoms with Crippen LogP contribution in [0.2, 0.25) is 0 Å². The molecule has 1 aromatic carbocycles. The zero-order valence-corrected chi connectivity index (χ0v) is 14.0. The number of hydrogen-bond donors (Lipinski definition) is 2. The third-order valence-electron chi connectivity index (χ3n) is 3.74. The van der Waals surface area contributed by atoms with E-state index in [1.165, 1.54) is 18.9 Å². The number of benzene rings is 1. The van der Waals surface area contributed by atoms with E-state index in [0.29, 0.717) is 24.2 Å². The van der Waals surface area contributed by atoms with Gasteiger partial charge in [-0.2, -0.15) is 0 Å². The van der Waals surface area contributed by atoms with Gasteiger partial charge in [0.15, 0.2) is 0 Å². The Morgan fingerprint density at radius 3 is 2.67 bits per heavy atom. The van der Waals surface area contributed by atoms with Gasteiger partial charge >= 0.3 is 0 Å². The van der Waals surface area contributed by atoms with Crippen molar-refractivity contribution in [2.75, 3.05) is 18.4 Å². The van der Waals surface area contributed by atoms with Crippen LogP contribution in [-0.4, -0.2) is 24.0 Å². The summed E-state index contributed by atoms with van der Waals surface area (Å²) in [5, 5.41) is 6.05. The summed E-state index contributed by atoms with van der Waals surface area (Å²) < 4.78 is 13.5. The molecule has 0 spiro atoms. The molecule has 2 N–H and O–H groups in total. The van der Waals surface area contributed by atoms with Crippen molar-refractivity contribution in [3.8, 4) is 0 Å². The van der Waals surface area contributed by atoms with Crippen LogP contribution < -0.4 is 10.6 Å². The van der Waals surface area contributed by atoms with Crippen molar-refractivity contribution in [1.82, 2.24) is 10.3 Å². The maximum atomic E-state index is 13.5. The van der Waals surface area contributed by atoms with Crippen LogP contribution in [0.3, 0.4) is 0 Å². The third-order valence-corrected chi connectivity index (χ3v) is 3.74. The van der Waals surface area contributed by atoms with Gasteiger partial charge in [-0.1, -0.05) is 38.0 Å². The Bertz CT molecular complexity index is 643. The van der Waals surface area contributed by atoms with Crippen LogP contribution in [0.15, 0.2) is 42.6 Å². The Kier molecular flexibility index (Phi) is 7.21. The fraction of sp³-hybridized carbons (Fsp3) is 0.368. The summed E-state index contributed by atoms with van der Waals surface area (Å²) in [5.41, 5.74) is 1.87. The highest BCUT2D eigenvalue weighted by molar-refractivity contribution is 5.92. The van der Waals surface area contributed by atoms with E-state index in [1.807, 2.05) is 6.07 Å². The first kappa shape index (κ1) is 17.9. The zero-order valence-electron chi connectivity index (χ0n) is 14.0. The Hall–Kier alpha value is -2.43. The Morgan fingerprint density at radius 2 is 1.96 bits per heavy atom. The highest BCUT2D eigenvalue weighted by atomic mass is 19.1. The number of amides is 1. The van der Waals surface area contributed by atoms with Crippen molar-refractivity contribution in [3.63, 3.8) is 0 Å². The van der Waals surface area contributed by atoms with E-state index in [9.17, 15) is 9.18 Å². The van der Waals surface area contributed by atoms with Gasteiger partial charge in [0, 0.05) is 13.1 Å². The van der Waals surface area contributed by atoms with Gasteiger partial charge in [0.1, 0.15) is 11.5 Å². The summed E-state index contributed by atoms with van der Waals surface area (Å²) in [6.07, 6.45) is 5.62. The fourth-order valence-electron chi connectivity index (χ4n) is 2.34. The molecule has 0 saturated heterocycles. The number of anilines is 1. The predicted molar refractivity (Wildman–Crippen MR) is 94.7 cm³/mol. The smallest absolute Gasteiger partial charge is 0.269 e. The molecule has 128 valence electrons. The van der Waals surface area contributed by atoms with E-state index < -0.39 is 0 Å². The molecule has 5 heteroatoms. The average molecular weight is 329 g/mol. The molecule has 0 fully saturated rings. The van der Waals surface area contributed by atoms with Crippen LogP contribution in [-0.2, 0) is 6.42 Å². The molecular formula is C19H24FN3O. The first-order valence-electron chi connectivity index (χ1n) is 8.42. The van der Waals surface area contributed by atoms with E-state index >= 15 is 0 Å². The van der Waals surface area contributed by atoms with Gasteiger partial charge in [0.2, 0.25) is 0 Å². The minimum Gasteiger partial charge on any atom is -0.384 e. The lowest BCUT2D eigenvalue weighted by Crippen LogP contribution is -2.26. The van der Waals surface area contributed by atoms with Crippen LogP contribution in [0.1, 0.15) is 42.2 Å². The number of hydrogen-bond acceptors (Lipinski definition) is 3. The standard InChI is InChI=1S/C19H24FN3O/c1-2-3-6-12-21-16-9-10-18(23-14-16)19(24)22-13-11-15-7-4-5-8-17(15)20/h4-5,7-10,14,21H,2-3,6,11-13H2,1H3,(H,22,24). The second-order valence-corrected chi connectivity index (χ2v) is 5.66. The summed E-state index contributed by atoms with van der Waals surface area (Å²) in [7, 11) is 0. The van der Waals surface area contributed by atoms with Gasteiger partial charge in [-0.05, 0) is 36.6 Å². The van der Waals surface area contributed by atoms with Gasteiger partial charge in [0.25, 0.3) is 5.91 Å². The molecule has 1 heterocycles. The van der Waals surface area contributed by atoms with Crippen molar-refractivity contribution < 1.29 is 9.18 Å². The van der Waals surface area contributed by atoms with Crippen molar-refractivity contribution >= 4 is 11.6 Å². The zero-order chi connectivity index (χ0) is 17.2. The molecule has 0 aliphatic rings. The summed E-state index contributed by atoms with van der Waals surface area (Å²) in [4.78, 5) is 16.2. The number of nitrogens with zero attached hydrogens (tertiary/aromatic N) is 1. The monoisotopic (exact) mass is 329 g/mol. The molecule has 2 aromatic rings. The van der Waals surface area contributed by atoms with Crippen LogP contribution >= 0.6 is 0 Å². The van der Waals surface area contributed by atoms with E-state index in [0.717, 1.165) is 18.7 Å². The third kappa shape index (κ3) is 5.65. The molecule has 0 atom stereocenters. The van der Waals surface area contributed by atoms with Gasteiger partial charge in [0.05, 0.1) is 11.9 Å². The second-order valence-electron chi connectivity index (χ2n) is 5.66. The number of carbonyl (C=O) groups excluding carboxylic acids is 1. The van der Waals surface area contributed by atoms with Gasteiger partial charge in [-0.25, -0.2) is 9.37 Å². The van der Waals surface area contributed by atoms with Gasteiger partial charge in [-0.15, -0.1) is 0 Å². The fourth-order valence-corrected chi connectivity index (χ4v) is 2.34. The van der Waals surface area contributed by atoms with Crippen molar-refractivity contribution in [1.29, 1.82) is 0 Å². The minimum absolute atomic E-state index is 0.246. The molecule has 0 aliphatic carbocycles. The SMILES string of the molecule is CCCCCNc1ccc(C(=O)NCCc2ccccc2F)nc1. The summed E-state index contributed by atoms with van der Waals surface area (Å²) in [6, 6.07) is 10.1. The van der Waals surface area contributed by atoms with Gasteiger partial charge < -0.3 is 10.6 Å². The van der Waals surface area contributed by atoms with Crippen LogP contribution in [0.25, 0.3) is 0 Å². The number of unbranched alkanes of at least 4 members (excludes halogenated alkanes) is 2. The number of nitrogens with one attached hydrogen (secondary N) is 2. The summed E-state index contributed by atoms with van der Waals surface area (Å²) >= 11 is 0. The lowest BCUT2D eigenvalue weighted by molar-refractivity contribution is 0.0949. The lowest BCUT2D eigenvalue weighted by atomic mass is 10.1. The molecule has 0 saturated carbocycles. The van der Waals surface area contributed by atoms with E-state index in [2.05, 4.69) is 22.5 Å². The highest BCUT2D eigenvalue weighted by Crippen LogP contribution is 2.08. The number of aromatic nitrogens is 1. The summed E-state index contributed by atoms with van der Waals surface area (Å²) in [6.45, 7) is 3.45. The highest BCUT2D eigenvalue weighted by Gasteiger charge is 2.07. The van der Waals surface area contributed by atoms with Crippen molar-refractivity contribution in [2.24, 2.45) is 0 Å². The average Bonchev–Trinajstić information content (AvgIpc) is 2.61. The molecule has 1 aromatic heterocycles. The topological polar surface area (TPSA) is 54.0 Å². The molecule has 1 amide bonds. The minimum atomic E-state index is -0.247. The molecular weight excluding hydrogens is 305 g/mol. The van der Waals surface area contributed by atoms with Crippen LogP contribution in [0.5, 0.6) is 0 Å². The normalized spacial score (nSPS) is 10.4. The molecule has 24 heavy (non-hydrogen) atoms. The first-order chi connectivity index (χ1) is 11.7. The molecule has 0 unspecified atom stereocenters. The van der Waals surface area contributed by atoms with E-state index in [1.54, 1.807) is 30.5 Å². The van der Waals surface area contributed by atoms with Crippen LogP contribution in [0, 0.1) is 5.82 Å². The number of carbonyl (C=O) groups is 1. The Morgan fingerprint density at radius 1 is 1.12 bits per heavy atom. The largest absolute Gasteiger partial charge is 0.384 e. The molecule has 0 bridgehead atoms. The summed E-state index contributed by atoms with van der Waals surface area (Å²) in [5.74, 6) is -0.493. The Balaban J connectivity index is 1.77. The maximum Gasteiger partial charge on any atom is 0.269 e. The number of pyridine rings is 1. The van der Waals surface area contributed by atoms with Gasteiger partial charge in [-0.3, -0.25) is 4.79 Å². The molecule has 4 nitrogen and oxygen atoms in total. The van der Waals surface area contributed by atoms with Crippen molar-refractivity contribution in [2.45, 2.75) is 32.6 Å². The molecule has 2 rings (SSSR count). The second kappa shape index (κ2) is 9.65. The lowest BCUT2D eigenvalue weighted by Gasteiger charge is -2.08. The van der Waals surface area contributed by atoms with E-state index in [-0.39, 0.29) is 11.7 Å². The first-order valence-corrected chi connectivity index (χ1v) is 8.42. The Labute approximate surface area is 142 Å². The maximum absolute atomic E-state index is 13.5. The van der Waals surface area contributed by atoms with Crippen LogP contribution in [0.4, 0.5) is 10.1 Å². The molecule has 0 radical (unpaired) electrons. The predicted octanol–water partition coefficient (Wildman–Crippen LogP) is 3.80. The van der Waals surface area contributed by atoms with E-state index in [4.69, 9.17) is 0 Å². The van der Waals surface area contributed by atoms with Crippen molar-refractivity contribution in [3.05, 3.63) is 59.7 Å². The number of halogens is 1. The number of rotatable bonds is 9. The quantitative estimate of drug-likeness (QED) is 0.688.